The Labute approximate surface area is 126 Å². The van der Waals surface area contributed by atoms with Crippen molar-refractivity contribution in [1.82, 2.24) is 0 Å². The quantitative estimate of drug-likeness (QED) is 0.822. The van der Waals surface area contributed by atoms with Crippen molar-refractivity contribution in [1.29, 1.82) is 0 Å². The third-order valence-electron chi connectivity index (χ3n) is 2.82. The summed E-state index contributed by atoms with van der Waals surface area (Å²) in [7, 11) is -1.20. The summed E-state index contributed by atoms with van der Waals surface area (Å²) in [5.41, 5.74) is 0.902. The first kappa shape index (κ1) is 15.7. The Bertz CT molecular complexity index is 569. The molecule has 0 radical (unpaired) electrons. The fraction of sp³-hybridized carbons (Fsp3) is 0.250. The first-order valence-corrected chi connectivity index (χ1v) is 8.12. The summed E-state index contributed by atoms with van der Waals surface area (Å²) >= 11 is 0. The van der Waals surface area contributed by atoms with Gasteiger partial charge in [-0.05, 0) is 29.8 Å². The van der Waals surface area contributed by atoms with Crippen LogP contribution in [0.25, 0.3) is 0 Å². The van der Waals surface area contributed by atoms with Gasteiger partial charge >= 0.3 is 0 Å². The molecule has 2 aromatic carbocycles. The van der Waals surface area contributed by atoms with Crippen molar-refractivity contribution in [2.24, 2.45) is 0 Å². The zero-order valence-electron chi connectivity index (χ0n) is 11.5. The first-order valence-electron chi connectivity index (χ1n) is 6.63. The van der Waals surface area contributed by atoms with Gasteiger partial charge in [-0.3, -0.25) is 4.21 Å². The summed E-state index contributed by atoms with van der Waals surface area (Å²) in [4.78, 5) is 0. The van der Waals surface area contributed by atoms with Gasteiger partial charge in [-0.2, -0.15) is 0 Å². The SMILES string of the molecule is O=[S@](Cc1ccc(Oc2ccccc2)cc1)C[C@@H](O)CO. The van der Waals surface area contributed by atoms with Crippen molar-refractivity contribution in [3.8, 4) is 11.5 Å². The minimum Gasteiger partial charge on any atom is -0.457 e. The van der Waals surface area contributed by atoms with E-state index in [2.05, 4.69) is 0 Å². The van der Waals surface area contributed by atoms with E-state index in [0.29, 0.717) is 11.5 Å². The average molecular weight is 306 g/mol. The molecule has 0 amide bonds. The second-order valence-electron chi connectivity index (χ2n) is 4.65. The van der Waals surface area contributed by atoms with E-state index in [4.69, 9.17) is 9.84 Å². The number of benzene rings is 2. The van der Waals surface area contributed by atoms with Crippen LogP contribution in [0.5, 0.6) is 11.5 Å². The number of aliphatic hydroxyl groups excluding tert-OH is 2. The third kappa shape index (κ3) is 5.30. The minimum absolute atomic E-state index is 0.0821. The highest BCUT2D eigenvalue weighted by molar-refractivity contribution is 7.84. The summed E-state index contributed by atoms with van der Waals surface area (Å²) in [6.07, 6.45) is -0.925. The van der Waals surface area contributed by atoms with Crippen molar-refractivity contribution in [2.75, 3.05) is 12.4 Å². The lowest BCUT2D eigenvalue weighted by molar-refractivity contribution is 0.113. The average Bonchev–Trinajstić information content (AvgIpc) is 2.50. The fourth-order valence-electron chi connectivity index (χ4n) is 1.79. The molecule has 2 N–H and O–H groups in total. The lowest BCUT2D eigenvalue weighted by atomic mass is 10.2. The highest BCUT2D eigenvalue weighted by Gasteiger charge is 2.09. The van der Waals surface area contributed by atoms with E-state index in [-0.39, 0.29) is 12.4 Å². The molecule has 0 aromatic heterocycles. The minimum atomic E-state index is -1.20. The molecule has 0 saturated heterocycles. The Morgan fingerprint density at radius 1 is 1.00 bits per heavy atom. The van der Waals surface area contributed by atoms with E-state index in [1.807, 2.05) is 54.6 Å². The van der Waals surface area contributed by atoms with Crippen LogP contribution >= 0.6 is 0 Å². The van der Waals surface area contributed by atoms with Crippen molar-refractivity contribution >= 4 is 10.8 Å². The predicted molar refractivity (Wildman–Crippen MR) is 82.8 cm³/mol. The van der Waals surface area contributed by atoms with Crippen LogP contribution in [-0.4, -0.2) is 32.9 Å². The van der Waals surface area contributed by atoms with Crippen LogP contribution in [0.3, 0.4) is 0 Å². The van der Waals surface area contributed by atoms with Crippen LogP contribution in [0.15, 0.2) is 54.6 Å². The fourth-order valence-corrected chi connectivity index (χ4v) is 3.01. The Morgan fingerprint density at radius 2 is 1.62 bits per heavy atom. The van der Waals surface area contributed by atoms with Crippen LogP contribution < -0.4 is 4.74 Å². The topological polar surface area (TPSA) is 66.8 Å². The molecule has 0 bridgehead atoms. The predicted octanol–water partition coefficient (Wildman–Crippen LogP) is 2.08. The number of rotatable bonds is 7. The molecule has 2 atom stereocenters. The lowest BCUT2D eigenvalue weighted by Crippen LogP contribution is -2.21. The van der Waals surface area contributed by atoms with Gasteiger partial charge in [-0.1, -0.05) is 30.3 Å². The Balaban J connectivity index is 1.91. The molecule has 0 fully saturated rings. The molecule has 5 heteroatoms. The molecule has 0 aliphatic carbocycles. The van der Waals surface area contributed by atoms with Gasteiger partial charge in [0.2, 0.25) is 0 Å². The maximum atomic E-state index is 11.8. The van der Waals surface area contributed by atoms with Crippen molar-refractivity contribution in [3.63, 3.8) is 0 Å². The second kappa shape index (κ2) is 7.93. The van der Waals surface area contributed by atoms with Crippen molar-refractivity contribution in [2.45, 2.75) is 11.9 Å². The van der Waals surface area contributed by atoms with E-state index in [1.54, 1.807) is 0 Å². The van der Waals surface area contributed by atoms with E-state index < -0.39 is 16.9 Å². The summed E-state index contributed by atoms with van der Waals surface area (Å²) in [5.74, 6) is 1.91. The molecule has 2 rings (SSSR count). The van der Waals surface area contributed by atoms with Gasteiger partial charge in [0.1, 0.15) is 11.5 Å². The number of hydrogen-bond acceptors (Lipinski definition) is 4. The molecule has 0 aliphatic rings. The Morgan fingerprint density at radius 3 is 2.24 bits per heavy atom. The molecule has 0 heterocycles. The highest BCUT2D eigenvalue weighted by atomic mass is 32.2. The smallest absolute Gasteiger partial charge is 0.127 e. The zero-order valence-corrected chi connectivity index (χ0v) is 12.3. The summed E-state index contributed by atoms with van der Waals surface area (Å²) in [6, 6.07) is 16.8. The van der Waals surface area contributed by atoms with Crippen molar-refractivity contribution in [3.05, 3.63) is 60.2 Å². The van der Waals surface area contributed by atoms with Gasteiger partial charge in [-0.25, -0.2) is 0 Å². The normalized spacial score (nSPS) is 13.6. The lowest BCUT2D eigenvalue weighted by Gasteiger charge is -2.08. The summed E-state index contributed by atoms with van der Waals surface area (Å²) < 4.78 is 17.4. The van der Waals surface area contributed by atoms with Gasteiger partial charge in [-0.15, -0.1) is 0 Å². The maximum absolute atomic E-state index is 11.8. The van der Waals surface area contributed by atoms with E-state index >= 15 is 0 Å². The van der Waals surface area contributed by atoms with Crippen molar-refractivity contribution < 1.29 is 19.2 Å². The van der Waals surface area contributed by atoms with E-state index in [0.717, 1.165) is 11.3 Å². The van der Waals surface area contributed by atoms with Crippen LogP contribution in [0, 0.1) is 0 Å². The number of aliphatic hydroxyl groups is 2. The van der Waals surface area contributed by atoms with Gasteiger partial charge in [0, 0.05) is 16.6 Å². The van der Waals surface area contributed by atoms with E-state index in [1.165, 1.54) is 0 Å². The Hall–Kier alpha value is -1.69. The van der Waals surface area contributed by atoms with Crippen LogP contribution in [0.4, 0.5) is 0 Å². The largest absolute Gasteiger partial charge is 0.457 e. The van der Waals surface area contributed by atoms with Gasteiger partial charge < -0.3 is 14.9 Å². The monoisotopic (exact) mass is 306 g/mol. The molecule has 2 aromatic rings. The van der Waals surface area contributed by atoms with Crippen LogP contribution in [0.1, 0.15) is 5.56 Å². The molecule has 0 saturated carbocycles. The van der Waals surface area contributed by atoms with Gasteiger partial charge in [0.15, 0.2) is 0 Å². The first-order chi connectivity index (χ1) is 10.2. The molecule has 4 nitrogen and oxygen atoms in total. The highest BCUT2D eigenvalue weighted by Crippen LogP contribution is 2.21. The number of para-hydroxylation sites is 1. The summed E-state index contributed by atoms with van der Waals surface area (Å²) in [6.45, 7) is -0.365. The molecule has 0 aliphatic heterocycles. The molecular formula is C16H18O4S. The molecule has 0 unspecified atom stereocenters. The van der Waals surface area contributed by atoms with Gasteiger partial charge in [0.25, 0.3) is 0 Å². The molecule has 112 valence electrons. The summed E-state index contributed by atoms with van der Waals surface area (Å²) in [5, 5.41) is 18.0. The molecule has 21 heavy (non-hydrogen) atoms. The number of hydrogen-bond donors (Lipinski definition) is 2. The second-order valence-corrected chi connectivity index (χ2v) is 6.15. The standard InChI is InChI=1S/C16H18O4S/c17-10-14(18)12-21(19)11-13-6-8-16(9-7-13)20-15-4-2-1-3-5-15/h1-9,14,17-18H,10-12H2/t14-,21+/m0/s1. The number of ether oxygens (including phenoxy) is 1. The van der Waals surface area contributed by atoms with Crippen LogP contribution in [-0.2, 0) is 16.6 Å². The maximum Gasteiger partial charge on any atom is 0.127 e. The molecular weight excluding hydrogens is 288 g/mol. The van der Waals surface area contributed by atoms with Crippen LogP contribution in [0.2, 0.25) is 0 Å². The Kier molecular flexibility index (Phi) is 5.92. The van der Waals surface area contributed by atoms with E-state index in [9.17, 15) is 9.32 Å². The third-order valence-corrected chi connectivity index (χ3v) is 4.23. The zero-order chi connectivity index (χ0) is 15.1. The molecule has 0 spiro atoms. The van der Waals surface area contributed by atoms with Gasteiger partial charge in [0.05, 0.1) is 18.5 Å².